The molecule has 0 saturated carbocycles. The number of benzene rings is 1. The van der Waals surface area contributed by atoms with E-state index < -0.39 is 5.79 Å². The van der Waals surface area contributed by atoms with Crippen LogP contribution in [0.5, 0.6) is 5.75 Å². The van der Waals surface area contributed by atoms with Crippen molar-refractivity contribution in [2.24, 2.45) is 0 Å². The van der Waals surface area contributed by atoms with Crippen LogP contribution in [0.3, 0.4) is 0 Å². The standard InChI is InChI=1S/C24H34O6/c1-6-7-21(14-18(2)8-11-22-16-28-24(3,4)30-22)29-23(25)17-27-15-19-9-12-20(26-5)13-10-19/h6-10,12-13,21-22H,11,14-17H2,1-5H3/b7-6+,18-8+/t21-,22-/m0/s1. The van der Waals surface area contributed by atoms with Gasteiger partial charge < -0.3 is 23.7 Å². The van der Waals surface area contributed by atoms with E-state index >= 15 is 0 Å². The van der Waals surface area contributed by atoms with Crippen LogP contribution in [0.2, 0.25) is 0 Å². The molecule has 1 aromatic rings. The minimum atomic E-state index is -0.513. The first-order chi connectivity index (χ1) is 14.3. The Bertz CT molecular complexity index is 720. The molecule has 1 heterocycles. The summed E-state index contributed by atoms with van der Waals surface area (Å²) in [5, 5.41) is 0. The maximum absolute atomic E-state index is 12.2. The molecule has 2 rings (SSSR count). The van der Waals surface area contributed by atoms with Crippen LogP contribution in [0.25, 0.3) is 0 Å². The van der Waals surface area contributed by atoms with Crippen molar-refractivity contribution in [3.05, 3.63) is 53.6 Å². The van der Waals surface area contributed by atoms with Crippen molar-refractivity contribution in [2.75, 3.05) is 20.3 Å². The van der Waals surface area contributed by atoms with Gasteiger partial charge in [-0.1, -0.05) is 29.9 Å². The molecule has 6 heteroatoms. The molecule has 166 valence electrons. The second-order valence-electron chi connectivity index (χ2n) is 7.84. The quantitative estimate of drug-likeness (QED) is 0.387. The lowest BCUT2D eigenvalue weighted by molar-refractivity contribution is -0.152. The molecule has 1 aromatic carbocycles. The van der Waals surface area contributed by atoms with Gasteiger partial charge in [-0.05, 0) is 57.9 Å². The van der Waals surface area contributed by atoms with E-state index in [4.69, 9.17) is 23.7 Å². The Hall–Kier alpha value is -2.15. The number of methoxy groups -OCH3 is 1. The van der Waals surface area contributed by atoms with Crippen molar-refractivity contribution in [2.45, 2.75) is 65.1 Å². The summed E-state index contributed by atoms with van der Waals surface area (Å²) in [7, 11) is 1.62. The van der Waals surface area contributed by atoms with Gasteiger partial charge in [0.2, 0.25) is 0 Å². The number of ether oxygens (including phenoxy) is 5. The van der Waals surface area contributed by atoms with Gasteiger partial charge in [-0.2, -0.15) is 0 Å². The molecule has 30 heavy (non-hydrogen) atoms. The molecule has 0 bridgehead atoms. The van der Waals surface area contributed by atoms with Crippen LogP contribution in [0, 0.1) is 0 Å². The van der Waals surface area contributed by atoms with Crippen molar-refractivity contribution in [3.8, 4) is 5.75 Å². The van der Waals surface area contributed by atoms with Gasteiger partial charge in [-0.3, -0.25) is 0 Å². The highest BCUT2D eigenvalue weighted by Crippen LogP contribution is 2.25. The fourth-order valence-electron chi connectivity index (χ4n) is 3.15. The molecule has 0 N–H and O–H groups in total. The third-order valence-corrected chi connectivity index (χ3v) is 4.66. The van der Waals surface area contributed by atoms with Crippen LogP contribution in [-0.4, -0.2) is 44.3 Å². The molecule has 0 radical (unpaired) electrons. The van der Waals surface area contributed by atoms with Crippen LogP contribution in [0.4, 0.5) is 0 Å². The molecule has 0 unspecified atom stereocenters. The predicted octanol–water partition coefficient (Wildman–Crippen LogP) is 4.58. The Kier molecular flexibility index (Phi) is 9.56. The average Bonchev–Trinajstić information content (AvgIpc) is 3.06. The van der Waals surface area contributed by atoms with E-state index in [1.807, 2.05) is 64.1 Å². The van der Waals surface area contributed by atoms with Crippen molar-refractivity contribution in [1.29, 1.82) is 0 Å². The van der Waals surface area contributed by atoms with Gasteiger partial charge >= 0.3 is 5.97 Å². The van der Waals surface area contributed by atoms with E-state index in [2.05, 4.69) is 6.08 Å². The van der Waals surface area contributed by atoms with Gasteiger partial charge in [0.25, 0.3) is 0 Å². The highest BCUT2D eigenvalue weighted by molar-refractivity contribution is 5.71. The smallest absolute Gasteiger partial charge is 0.332 e. The average molecular weight is 419 g/mol. The summed E-state index contributed by atoms with van der Waals surface area (Å²) >= 11 is 0. The third-order valence-electron chi connectivity index (χ3n) is 4.66. The summed E-state index contributed by atoms with van der Waals surface area (Å²) in [6.45, 7) is 8.62. The number of hydrogen-bond acceptors (Lipinski definition) is 6. The highest BCUT2D eigenvalue weighted by atomic mass is 16.7. The SMILES string of the molecule is C/C=C/[C@@H](C/C(C)=C/C[C@H]1COC(C)(C)O1)OC(=O)COCc1ccc(OC)cc1. The fraction of sp³-hybridized carbons (Fsp3) is 0.542. The molecule has 0 amide bonds. The molecule has 0 aromatic heterocycles. The summed E-state index contributed by atoms with van der Waals surface area (Å²) < 4.78 is 27.6. The first-order valence-electron chi connectivity index (χ1n) is 10.3. The van der Waals surface area contributed by atoms with E-state index in [9.17, 15) is 4.79 Å². The van der Waals surface area contributed by atoms with Crippen molar-refractivity contribution in [1.82, 2.24) is 0 Å². The van der Waals surface area contributed by atoms with E-state index in [1.54, 1.807) is 7.11 Å². The molecule has 0 aliphatic carbocycles. The fourth-order valence-corrected chi connectivity index (χ4v) is 3.15. The lowest BCUT2D eigenvalue weighted by Gasteiger charge is -2.17. The Balaban J connectivity index is 1.75. The number of carbonyl (C=O) groups is 1. The van der Waals surface area contributed by atoms with Crippen molar-refractivity contribution >= 4 is 5.97 Å². The van der Waals surface area contributed by atoms with Gasteiger partial charge in [0.05, 0.1) is 26.4 Å². The maximum atomic E-state index is 12.2. The Morgan fingerprint density at radius 1 is 1.30 bits per heavy atom. The number of hydrogen-bond donors (Lipinski definition) is 0. The summed E-state index contributed by atoms with van der Waals surface area (Å²) in [5.74, 6) is -0.110. The second kappa shape index (κ2) is 11.9. The first kappa shape index (κ1) is 24.1. The summed E-state index contributed by atoms with van der Waals surface area (Å²) in [4.78, 5) is 12.2. The monoisotopic (exact) mass is 418 g/mol. The van der Waals surface area contributed by atoms with Gasteiger partial charge in [0.1, 0.15) is 18.5 Å². The first-order valence-corrected chi connectivity index (χ1v) is 10.3. The van der Waals surface area contributed by atoms with Gasteiger partial charge in [-0.15, -0.1) is 0 Å². The van der Waals surface area contributed by atoms with Crippen LogP contribution in [0.1, 0.15) is 46.1 Å². The molecule has 1 fully saturated rings. The molecular weight excluding hydrogens is 384 g/mol. The number of carbonyl (C=O) groups excluding carboxylic acids is 1. The highest BCUT2D eigenvalue weighted by Gasteiger charge is 2.31. The largest absolute Gasteiger partial charge is 0.497 e. The zero-order valence-corrected chi connectivity index (χ0v) is 18.7. The van der Waals surface area contributed by atoms with E-state index in [-0.39, 0.29) is 24.8 Å². The van der Waals surface area contributed by atoms with Crippen molar-refractivity contribution in [3.63, 3.8) is 0 Å². The van der Waals surface area contributed by atoms with E-state index in [1.165, 1.54) is 0 Å². The second-order valence-corrected chi connectivity index (χ2v) is 7.84. The van der Waals surface area contributed by atoms with E-state index in [0.29, 0.717) is 19.6 Å². The topological polar surface area (TPSA) is 63.2 Å². The van der Waals surface area contributed by atoms with Crippen LogP contribution in [-0.2, 0) is 30.3 Å². The van der Waals surface area contributed by atoms with Crippen molar-refractivity contribution < 1.29 is 28.5 Å². The summed E-state index contributed by atoms with van der Waals surface area (Å²) in [6, 6.07) is 7.53. The van der Waals surface area contributed by atoms with E-state index in [0.717, 1.165) is 23.3 Å². The summed E-state index contributed by atoms with van der Waals surface area (Å²) in [5.41, 5.74) is 2.10. The Labute approximate surface area is 179 Å². The minimum absolute atomic E-state index is 0.0593. The molecule has 0 spiro atoms. The van der Waals surface area contributed by atoms with Crippen LogP contribution in [0.15, 0.2) is 48.1 Å². The van der Waals surface area contributed by atoms with Gasteiger partial charge in [-0.25, -0.2) is 4.79 Å². The predicted molar refractivity (Wildman–Crippen MR) is 115 cm³/mol. The van der Waals surface area contributed by atoms with Gasteiger partial charge in [0.15, 0.2) is 5.79 Å². The van der Waals surface area contributed by atoms with Gasteiger partial charge in [0, 0.05) is 6.42 Å². The van der Waals surface area contributed by atoms with Crippen LogP contribution >= 0.6 is 0 Å². The molecule has 2 atom stereocenters. The Morgan fingerprint density at radius 2 is 2.03 bits per heavy atom. The van der Waals surface area contributed by atoms with Crippen LogP contribution < -0.4 is 4.74 Å². The summed E-state index contributed by atoms with van der Waals surface area (Å²) in [6.07, 6.45) is 7.04. The molecule has 1 aliphatic rings. The lowest BCUT2D eigenvalue weighted by atomic mass is 10.1. The lowest BCUT2D eigenvalue weighted by Crippen LogP contribution is -2.21. The molecule has 1 aliphatic heterocycles. The normalized spacial score (nSPS) is 19.8. The third kappa shape index (κ3) is 8.69. The molecule has 6 nitrogen and oxygen atoms in total. The Morgan fingerprint density at radius 3 is 2.63 bits per heavy atom. The molecular formula is C24H34O6. The number of rotatable bonds is 11. The number of allylic oxidation sites excluding steroid dienone is 1. The zero-order chi connectivity index (χ0) is 22.0. The zero-order valence-electron chi connectivity index (χ0n) is 18.7. The number of esters is 1. The molecule has 1 saturated heterocycles. The maximum Gasteiger partial charge on any atom is 0.332 e. The minimum Gasteiger partial charge on any atom is -0.497 e.